The van der Waals surface area contributed by atoms with E-state index in [1.807, 2.05) is 0 Å². The van der Waals surface area contributed by atoms with Crippen LogP contribution in [-0.2, 0) is 5.41 Å². The van der Waals surface area contributed by atoms with Crippen molar-refractivity contribution < 1.29 is 0 Å². The Kier molecular flexibility index (Phi) is 6.60. The maximum Gasteiger partial charge on any atom is 0.0159 e. The zero-order valence-corrected chi connectivity index (χ0v) is 33.0. The van der Waals surface area contributed by atoms with Crippen molar-refractivity contribution in [3.63, 3.8) is 0 Å². The van der Waals surface area contributed by atoms with Crippen molar-refractivity contribution in [1.29, 1.82) is 0 Å². The van der Waals surface area contributed by atoms with E-state index in [2.05, 4.69) is 208 Å². The van der Waals surface area contributed by atoms with Gasteiger partial charge < -0.3 is 0 Å². The molecule has 0 heterocycles. The van der Waals surface area contributed by atoms with E-state index in [4.69, 9.17) is 0 Å². The van der Waals surface area contributed by atoms with Crippen LogP contribution in [0.2, 0.25) is 0 Å². The van der Waals surface area contributed by atoms with E-state index in [1.165, 1.54) is 131 Å². The highest BCUT2D eigenvalue weighted by Crippen LogP contribution is 2.53. The van der Waals surface area contributed by atoms with Crippen molar-refractivity contribution in [2.24, 2.45) is 0 Å². The lowest BCUT2D eigenvalue weighted by atomic mass is 9.81. The first-order valence-corrected chi connectivity index (χ1v) is 20.8. The Balaban J connectivity index is 0.990. The van der Waals surface area contributed by atoms with Gasteiger partial charge in [0.15, 0.2) is 0 Å². The molecule has 0 bridgehead atoms. The van der Waals surface area contributed by atoms with E-state index in [-0.39, 0.29) is 5.41 Å². The predicted molar refractivity (Wildman–Crippen MR) is 254 cm³/mol. The highest BCUT2D eigenvalue weighted by Gasteiger charge is 2.36. The minimum atomic E-state index is -0.117. The van der Waals surface area contributed by atoms with Gasteiger partial charge in [-0.2, -0.15) is 0 Å². The lowest BCUT2D eigenvalue weighted by Gasteiger charge is -2.22. The van der Waals surface area contributed by atoms with E-state index in [0.717, 1.165) is 0 Å². The van der Waals surface area contributed by atoms with Crippen molar-refractivity contribution >= 4 is 75.4 Å². The van der Waals surface area contributed by atoms with Crippen molar-refractivity contribution in [3.05, 3.63) is 205 Å². The Hall–Kier alpha value is -7.28. The van der Waals surface area contributed by atoms with Crippen LogP contribution in [0.15, 0.2) is 194 Å². The molecule has 1 aliphatic carbocycles. The third kappa shape index (κ3) is 4.55. The lowest BCUT2D eigenvalue weighted by molar-refractivity contribution is 0.661. The monoisotopic (exact) mass is 746 g/mol. The van der Waals surface area contributed by atoms with Gasteiger partial charge >= 0.3 is 0 Å². The van der Waals surface area contributed by atoms with Crippen molar-refractivity contribution in [1.82, 2.24) is 0 Å². The van der Waals surface area contributed by atoms with Crippen LogP contribution in [0.5, 0.6) is 0 Å². The van der Waals surface area contributed by atoms with Crippen LogP contribution in [-0.4, -0.2) is 0 Å². The summed E-state index contributed by atoms with van der Waals surface area (Å²) in [6.45, 7) is 4.80. The van der Waals surface area contributed by atoms with Gasteiger partial charge in [-0.25, -0.2) is 0 Å². The van der Waals surface area contributed by atoms with Gasteiger partial charge in [0.25, 0.3) is 0 Å². The highest BCUT2D eigenvalue weighted by molar-refractivity contribution is 6.28. The molecule has 0 atom stereocenters. The maximum atomic E-state index is 2.50. The average molecular weight is 747 g/mol. The molecule has 0 N–H and O–H groups in total. The molecule has 12 aromatic carbocycles. The lowest BCUT2D eigenvalue weighted by Crippen LogP contribution is -2.14. The fourth-order valence-corrected chi connectivity index (χ4v) is 11.0. The molecule has 0 heteroatoms. The number of fused-ring (bicyclic) bond motifs is 10. The second-order valence-corrected chi connectivity index (χ2v) is 17.2. The van der Waals surface area contributed by atoms with Gasteiger partial charge in [-0.3, -0.25) is 0 Å². The van der Waals surface area contributed by atoms with Gasteiger partial charge in [0.05, 0.1) is 0 Å². The van der Waals surface area contributed by atoms with E-state index in [9.17, 15) is 0 Å². The summed E-state index contributed by atoms with van der Waals surface area (Å²) in [5.41, 5.74) is 12.9. The maximum absolute atomic E-state index is 2.50. The molecule has 1 aliphatic rings. The molecule has 13 rings (SSSR count). The van der Waals surface area contributed by atoms with Crippen LogP contribution in [0.4, 0.5) is 0 Å². The molecule has 0 aromatic heterocycles. The Labute approximate surface area is 342 Å². The third-order valence-electron chi connectivity index (χ3n) is 13.8. The molecule has 59 heavy (non-hydrogen) atoms. The van der Waals surface area contributed by atoms with Gasteiger partial charge in [0.2, 0.25) is 0 Å². The molecule has 0 saturated heterocycles. The van der Waals surface area contributed by atoms with Crippen LogP contribution < -0.4 is 0 Å². The molecule has 0 nitrogen and oxygen atoms in total. The van der Waals surface area contributed by atoms with E-state index in [1.54, 1.807) is 0 Å². The minimum absolute atomic E-state index is 0.117. The van der Waals surface area contributed by atoms with Gasteiger partial charge in [-0.15, -0.1) is 0 Å². The summed E-state index contributed by atoms with van der Waals surface area (Å²) in [5, 5.41) is 18.3. The normalized spacial score (nSPS) is 13.4. The predicted octanol–water partition coefficient (Wildman–Crippen LogP) is 16.5. The Morgan fingerprint density at radius 1 is 0.254 bits per heavy atom. The van der Waals surface area contributed by atoms with Crippen LogP contribution in [0.3, 0.4) is 0 Å². The summed E-state index contributed by atoms with van der Waals surface area (Å²) in [6.07, 6.45) is 0. The fourth-order valence-electron chi connectivity index (χ4n) is 11.0. The zero-order valence-electron chi connectivity index (χ0n) is 33.0. The van der Waals surface area contributed by atoms with Gasteiger partial charge in [0, 0.05) is 5.41 Å². The zero-order chi connectivity index (χ0) is 39.0. The Morgan fingerprint density at radius 3 is 1.37 bits per heavy atom. The summed E-state index contributed by atoms with van der Waals surface area (Å²) < 4.78 is 0. The summed E-state index contributed by atoms with van der Waals surface area (Å²) in [6, 6.07) is 73.2. The van der Waals surface area contributed by atoms with Gasteiger partial charge in [-0.1, -0.05) is 184 Å². The summed E-state index contributed by atoms with van der Waals surface area (Å²) >= 11 is 0. The average Bonchev–Trinajstić information content (AvgIpc) is 3.51. The quantitative estimate of drug-likeness (QED) is 0.158. The van der Waals surface area contributed by atoms with Gasteiger partial charge in [-0.05, 0) is 155 Å². The molecule has 0 amide bonds. The number of benzene rings is 12. The fraction of sp³-hybridized carbons (Fsp3) is 0.0508. The number of hydrogen-bond acceptors (Lipinski definition) is 0. The SMILES string of the molecule is CC1(C)c2ccc(-c3ccc4ccc5c(-c6cccc(-c7cccc8ccccc78)c6)ccc6ccc3c4c65)cc2-c2cc3c4ccccc4c4ccccc4c3cc21. The largest absolute Gasteiger partial charge is 0.0616 e. The van der Waals surface area contributed by atoms with Crippen molar-refractivity contribution in [3.8, 4) is 44.5 Å². The number of hydrogen-bond donors (Lipinski definition) is 0. The molecular formula is C59H38. The van der Waals surface area contributed by atoms with Crippen LogP contribution >= 0.6 is 0 Å². The molecule has 0 spiro atoms. The summed E-state index contributed by atoms with van der Waals surface area (Å²) in [4.78, 5) is 0. The first kappa shape index (κ1) is 32.8. The topological polar surface area (TPSA) is 0 Å². The van der Waals surface area contributed by atoms with Crippen LogP contribution in [0, 0.1) is 0 Å². The second-order valence-electron chi connectivity index (χ2n) is 17.2. The van der Waals surface area contributed by atoms with E-state index < -0.39 is 0 Å². The molecule has 12 aromatic rings. The Morgan fingerprint density at radius 2 is 0.729 bits per heavy atom. The minimum Gasteiger partial charge on any atom is -0.0616 e. The van der Waals surface area contributed by atoms with Crippen molar-refractivity contribution in [2.75, 3.05) is 0 Å². The molecule has 0 saturated carbocycles. The highest BCUT2D eigenvalue weighted by atomic mass is 14.4. The second kappa shape index (κ2) is 11.9. The molecule has 0 radical (unpaired) electrons. The standard InChI is InChI=1S/C59H38/c1-59(2)55-30-25-40(32-53(55)54-33-51-47-18-7-5-16-45(47)46-17-6-8-19-48(46)52(51)34-56(54)59)44-27-22-37-23-28-49-43(26-21-36-24-29-50(44)58(37)57(36)49)39-14-9-13-38(31-39)42-20-10-12-35-11-3-4-15-41(35)42/h3-34H,1-2H3. The molecule has 0 fully saturated rings. The molecule has 0 unspecified atom stereocenters. The molecule has 0 aliphatic heterocycles. The van der Waals surface area contributed by atoms with E-state index >= 15 is 0 Å². The molecule has 274 valence electrons. The van der Waals surface area contributed by atoms with Crippen LogP contribution in [0.25, 0.3) is 120 Å². The molecular weight excluding hydrogens is 709 g/mol. The third-order valence-corrected chi connectivity index (χ3v) is 13.8. The van der Waals surface area contributed by atoms with E-state index in [0.29, 0.717) is 0 Å². The first-order chi connectivity index (χ1) is 29.0. The Bertz CT molecular complexity index is 3740. The van der Waals surface area contributed by atoms with Gasteiger partial charge in [0.1, 0.15) is 0 Å². The van der Waals surface area contributed by atoms with Crippen LogP contribution in [0.1, 0.15) is 25.0 Å². The number of rotatable bonds is 3. The smallest absolute Gasteiger partial charge is 0.0159 e. The van der Waals surface area contributed by atoms with Crippen molar-refractivity contribution in [2.45, 2.75) is 19.3 Å². The summed E-state index contributed by atoms with van der Waals surface area (Å²) in [5.74, 6) is 0. The first-order valence-electron chi connectivity index (χ1n) is 20.8. The summed E-state index contributed by atoms with van der Waals surface area (Å²) in [7, 11) is 0.